The van der Waals surface area contributed by atoms with Crippen LogP contribution in [0.1, 0.15) is 25.7 Å². The number of hydrogen-bond acceptors (Lipinski definition) is 3. The van der Waals surface area contributed by atoms with Gasteiger partial charge in [-0.05, 0) is 32.2 Å². The van der Waals surface area contributed by atoms with Crippen molar-refractivity contribution in [3.05, 3.63) is 0 Å². The Morgan fingerprint density at radius 3 is 2.87 bits per heavy atom. The summed E-state index contributed by atoms with van der Waals surface area (Å²) >= 11 is 0. The number of carboxylic acids is 1. The highest BCUT2D eigenvalue weighted by atomic mass is 16.5. The molecule has 2 atom stereocenters. The summed E-state index contributed by atoms with van der Waals surface area (Å²) in [6, 6.07) is 0. The van der Waals surface area contributed by atoms with E-state index in [9.17, 15) is 4.79 Å². The van der Waals surface area contributed by atoms with E-state index in [-0.39, 0.29) is 5.92 Å². The van der Waals surface area contributed by atoms with Gasteiger partial charge in [-0.1, -0.05) is 0 Å². The van der Waals surface area contributed by atoms with E-state index < -0.39 is 5.97 Å². The summed E-state index contributed by atoms with van der Waals surface area (Å²) in [6.45, 7) is 3.41. The van der Waals surface area contributed by atoms with Crippen LogP contribution >= 0.6 is 0 Å². The zero-order chi connectivity index (χ0) is 10.7. The lowest BCUT2D eigenvalue weighted by atomic mass is 10.1. The van der Waals surface area contributed by atoms with Gasteiger partial charge in [0.05, 0.1) is 12.0 Å². The Balaban J connectivity index is 1.74. The fourth-order valence-electron chi connectivity index (χ4n) is 2.44. The smallest absolute Gasteiger partial charge is 0.307 e. The molecule has 0 radical (unpaired) electrons. The highest BCUT2D eigenvalue weighted by molar-refractivity contribution is 5.70. The van der Waals surface area contributed by atoms with Crippen molar-refractivity contribution in [3.8, 4) is 0 Å². The first-order chi connectivity index (χ1) is 7.25. The molecule has 2 aliphatic heterocycles. The van der Waals surface area contributed by atoms with Gasteiger partial charge in [0.1, 0.15) is 0 Å². The van der Waals surface area contributed by atoms with Gasteiger partial charge in [-0.2, -0.15) is 0 Å². The van der Waals surface area contributed by atoms with Gasteiger partial charge >= 0.3 is 5.97 Å². The number of carbonyl (C=O) groups is 1. The predicted octanol–water partition coefficient (Wildman–Crippen LogP) is 0.962. The standard InChI is InChI=1S/C11H19NO3/c13-11(14)9-4-5-12(7-9)8-10-3-1-2-6-15-10/h9-10H,1-8H2,(H,13,14). The van der Waals surface area contributed by atoms with E-state index in [1.54, 1.807) is 0 Å². The van der Waals surface area contributed by atoms with Crippen molar-refractivity contribution in [2.75, 3.05) is 26.2 Å². The summed E-state index contributed by atoms with van der Waals surface area (Å²) in [5.41, 5.74) is 0. The highest BCUT2D eigenvalue weighted by Crippen LogP contribution is 2.20. The summed E-state index contributed by atoms with van der Waals surface area (Å²) < 4.78 is 5.65. The Hall–Kier alpha value is -0.610. The van der Waals surface area contributed by atoms with Crippen molar-refractivity contribution in [1.29, 1.82) is 0 Å². The van der Waals surface area contributed by atoms with E-state index in [2.05, 4.69) is 4.90 Å². The Morgan fingerprint density at radius 2 is 2.27 bits per heavy atom. The van der Waals surface area contributed by atoms with Crippen molar-refractivity contribution in [2.24, 2.45) is 5.92 Å². The predicted molar refractivity (Wildman–Crippen MR) is 55.8 cm³/mol. The monoisotopic (exact) mass is 213 g/mol. The quantitative estimate of drug-likeness (QED) is 0.758. The summed E-state index contributed by atoms with van der Waals surface area (Å²) in [4.78, 5) is 13.0. The minimum absolute atomic E-state index is 0.159. The van der Waals surface area contributed by atoms with E-state index in [1.807, 2.05) is 0 Å². The lowest BCUT2D eigenvalue weighted by Gasteiger charge is -2.27. The average molecular weight is 213 g/mol. The Labute approximate surface area is 90.2 Å². The summed E-state index contributed by atoms with van der Waals surface area (Å²) in [5, 5.41) is 8.88. The molecule has 0 spiro atoms. The fraction of sp³-hybridized carbons (Fsp3) is 0.909. The summed E-state index contributed by atoms with van der Waals surface area (Å²) in [5.74, 6) is -0.810. The van der Waals surface area contributed by atoms with Gasteiger partial charge in [0.2, 0.25) is 0 Å². The maximum atomic E-state index is 10.8. The number of likely N-dealkylation sites (tertiary alicyclic amines) is 1. The maximum Gasteiger partial charge on any atom is 0.307 e. The van der Waals surface area contributed by atoms with Crippen LogP contribution in [0.25, 0.3) is 0 Å². The molecule has 0 saturated carbocycles. The molecule has 0 aromatic heterocycles. The van der Waals surface area contributed by atoms with Crippen LogP contribution in [0, 0.1) is 5.92 Å². The number of aliphatic carboxylic acids is 1. The van der Waals surface area contributed by atoms with Gasteiger partial charge in [0, 0.05) is 19.7 Å². The van der Waals surface area contributed by atoms with Gasteiger partial charge in [-0.15, -0.1) is 0 Å². The zero-order valence-corrected chi connectivity index (χ0v) is 9.02. The first-order valence-electron chi connectivity index (χ1n) is 5.82. The molecule has 86 valence electrons. The second kappa shape index (κ2) is 4.94. The number of ether oxygens (including phenoxy) is 1. The van der Waals surface area contributed by atoms with Gasteiger partial charge in [0.25, 0.3) is 0 Å². The van der Waals surface area contributed by atoms with Crippen LogP contribution < -0.4 is 0 Å². The molecule has 15 heavy (non-hydrogen) atoms. The molecule has 0 aromatic carbocycles. The molecule has 2 rings (SSSR count). The molecule has 2 heterocycles. The molecule has 0 bridgehead atoms. The van der Waals surface area contributed by atoms with Gasteiger partial charge in [-0.3, -0.25) is 9.69 Å². The fourth-order valence-corrected chi connectivity index (χ4v) is 2.44. The normalized spacial score (nSPS) is 33.1. The number of rotatable bonds is 3. The molecule has 2 aliphatic rings. The highest BCUT2D eigenvalue weighted by Gasteiger charge is 2.29. The second-order valence-corrected chi connectivity index (χ2v) is 4.57. The molecule has 0 aliphatic carbocycles. The maximum absolute atomic E-state index is 10.8. The Kier molecular flexibility index (Phi) is 3.59. The zero-order valence-electron chi connectivity index (χ0n) is 9.02. The minimum Gasteiger partial charge on any atom is -0.481 e. The Bertz CT molecular complexity index is 226. The van der Waals surface area contributed by atoms with Crippen molar-refractivity contribution in [1.82, 2.24) is 4.90 Å². The SMILES string of the molecule is O=C(O)C1CCN(CC2CCCCO2)C1. The molecular weight excluding hydrogens is 194 g/mol. The van der Waals surface area contributed by atoms with E-state index in [1.165, 1.54) is 12.8 Å². The lowest BCUT2D eigenvalue weighted by molar-refractivity contribution is -0.141. The first kappa shape index (κ1) is 10.9. The third-order valence-electron chi connectivity index (χ3n) is 3.36. The molecule has 4 heteroatoms. The molecule has 1 N–H and O–H groups in total. The number of hydrogen-bond donors (Lipinski definition) is 1. The van der Waals surface area contributed by atoms with Crippen LogP contribution in [-0.4, -0.2) is 48.3 Å². The summed E-state index contributed by atoms with van der Waals surface area (Å²) in [6.07, 6.45) is 4.69. The third-order valence-corrected chi connectivity index (χ3v) is 3.36. The second-order valence-electron chi connectivity index (χ2n) is 4.57. The molecule has 4 nitrogen and oxygen atoms in total. The lowest BCUT2D eigenvalue weighted by Crippen LogP contribution is -2.35. The van der Waals surface area contributed by atoms with E-state index in [4.69, 9.17) is 9.84 Å². The van der Waals surface area contributed by atoms with Crippen LogP contribution in [0.15, 0.2) is 0 Å². The van der Waals surface area contributed by atoms with Crippen LogP contribution in [-0.2, 0) is 9.53 Å². The van der Waals surface area contributed by atoms with Gasteiger partial charge < -0.3 is 9.84 Å². The van der Waals surface area contributed by atoms with Crippen LogP contribution in [0.3, 0.4) is 0 Å². The third kappa shape index (κ3) is 2.92. The molecule has 2 unspecified atom stereocenters. The van der Waals surface area contributed by atoms with Crippen molar-refractivity contribution in [3.63, 3.8) is 0 Å². The molecular formula is C11H19NO3. The minimum atomic E-state index is -0.651. The molecule has 2 saturated heterocycles. The topological polar surface area (TPSA) is 49.8 Å². The number of carboxylic acid groups (broad SMARTS) is 1. The van der Waals surface area contributed by atoms with E-state index in [0.717, 1.165) is 32.5 Å². The van der Waals surface area contributed by atoms with Gasteiger partial charge in [-0.25, -0.2) is 0 Å². The van der Waals surface area contributed by atoms with Crippen LogP contribution in [0.5, 0.6) is 0 Å². The van der Waals surface area contributed by atoms with Gasteiger partial charge in [0.15, 0.2) is 0 Å². The number of nitrogens with zero attached hydrogens (tertiary/aromatic N) is 1. The van der Waals surface area contributed by atoms with Crippen molar-refractivity contribution >= 4 is 5.97 Å². The van der Waals surface area contributed by atoms with Crippen molar-refractivity contribution in [2.45, 2.75) is 31.8 Å². The Morgan fingerprint density at radius 1 is 1.40 bits per heavy atom. The van der Waals surface area contributed by atoms with Crippen LogP contribution in [0.4, 0.5) is 0 Å². The largest absolute Gasteiger partial charge is 0.481 e. The molecule has 0 aromatic rings. The summed E-state index contributed by atoms with van der Waals surface area (Å²) in [7, 11) is 0. The van der Waals surface area contributed by atoms with Crippen molar-refractivity contribution < 1.29 is 14.6 Å². The average Bonchev–Trinajstić information content (AvgIpc) is 2.68. The molecule has 2 fully saturated rings. The first-order valence-corrected chi connectivity index (χ1v) is 5.82. The van der Waals surface area contributed by atoms with Crippen LogP contribution in [0.2, 0.25) is 0 Å². The van der Waals surface area contributed by atoms with E-state index >= 15 is 0 Å². The van der Waals surface area contributed by atoms with E-state index in [0.29, 0.717) is 12.6 Å². The molecule has 0 amide bonds.